The van der Waals surface area contributed by atoms with Gasteiger partial charge in [-0.3, -0.25) is 4.72 Å². The molecule has 2 aromatic heterocycles. The lowest BCUT2D eigenvalue weighted by molar-refractivity contribution is 0.0189. The number of benzene rings is 1. The molecule has 3 aromatic rings. The van der Waals surface area contributed by atoms with Gasteiger partial charge in [0.1, 0.15) is 0 Å². The number of nitrogens with one attached hydrogen (secondary N) is 3. The second-order valence-corrected chi connectivity index (χ2v) is 10.7. The van der Waals surface area contributed by atoms with E-state index in [4.69, 9.17) is 4.74 Å². The first-order valence-electron chi connectivity index (χ1n) is 11.8. The molecule has 0 radical (unpaired) electrons. The van der Waals surface area contributed by atoms with Crippen molar-refractivity contribution in [2.45, 2.75) is 38.2 Å². The van der Waals surface area contributed by atoms with E-state index < -0.39 is 51.2 Å². The molecule has 1 aliphatic rings. The average Bonchev–Trinajstić information content (AvgIpc) is 2.88. The summed E-state index contributed by atoms with van der Waals surface area (Å²) >= 11 is 0. The highest BCUT2D eigenvalue weighted by atomic mass is 32.2. The Morgan fingerprint density at radius 2 is 1.95 bits per heavy atom. The number of piperidine rings is 1. The first-order valence-corrected chi connectivity index (χ1v) is 13.5. The molecule has 1 fully saturated rings. The monoisotopic (exact) mass is 554 g/mol. The maximum atomic E-state index is 14.8. The van der Waals surface area contributed by atoms with Crippen LogP contribution in [0.5, 0.6) is 11.6 Å². The van der Waals surface area contributed by atoms with E-state index in [-0.39, 0.29) is 11.9 Å². The van der Waals surface area contributed by atoms with Gasteiger partial charge in [-0.05, 0) is 56.6 Å². The summed E-state index contributed by atoms with van der Waals surface area (Å²) in [6.07, 6.45) is 3.95. The molecular formula is C24H26F4N6O3S. The molecule has 3 heterocycles. The molecule has 14 heteroatoms. The normalized spacial score (nSPS) is 16.2. The molecule has 0 bridgehead atoms. The van der Waals surface area contributed by atoms with Crippen LogP contribution in [0.4, 0.5) is 29.2 Å². The van der Waals surface area contributed by atoms with Gasteiger partial charge in [0, 0.05) is 31.4 Å². The van der Waals surface area contributed by atoms with Crippen LogP contribution in [0, 0.1) is 11.6 Å². The lowest BCUT2D eigenvalue weighted by atomic mass is 10.1. The summed E-state index contributed by atoms with van der Waals surface area (Å²) in [6.45, 7) is 2.29. The van der Waals surface area contributed by atoms with Crippen molar-refractivity contribution >= 4 is 21.7 Å². The number of nitrogens with zero attached hydrogens (tertiary/aromatic N) is 3. The van der Waals surface area contributed by atoms with Crippen molar-refractivity contribution in [3.8, 4) is 22.9 Å². The van der Waals surface area contributed by atoms with E-state index in [1.807, 2.05) is 0 Å². The first-order chi connectivity index (χ1) is 18.0. The second-order valence-electron chi connectivity index (χ2n) is 8.89. The van der Waals surface area contributed by atoms with Crippen molar-refractivity contribution in [1.29, 1.82) is 0 Å². The fourth-order valence-corrected chi connectivity index (χ4v) is 4.95. The van der Waals surface area contributed by atoms with E-state index in [2.05, 4.69) is 25.6 Å². The van der Waals surface area contributed by atoms with Crippen molar-refractivity contribution < 1.29 is 30.7 Å². The minimum absolute atomic E-state index is 0.0757. The smallest absolute Gasteiger partial charge is 0.246 e. The van der Waals surface area contributed by atoms with Crippen LogP contribution in [0.25, 0.3) is 11.3 Å². The Bertz CT molecular complexity index is 1380. The van der Waals surface area contributed by atoms with Gasteiger partial charge in [-0.1, -0.05) is 0 Å². The number of ether oxygens (including phenoxy) is 1. The van der Waals surface area contributed by atoms with E-state index in [0.717, 1.165) is 38.1 Å². The average molecular weight is 555 g/mol. The Hall–Kier alpha value is -3.52. The summed E-state index contributed by atoms with van der Waals surface area (Å²) in [6, 6.07) is 6.97. The zero-order valence-corrected chi connectivity index (χ0v) is 21.2. The summed E-state index contributed by atoms with van der Waals surface area (Å²) in [7, 11) is -4.35. The minimum Gasteiger partial charge on any atom is -0.435 e. The molecule has 0 aliphatic carbocycles. The van der Waals surface area contributed by atoms with Crippen molar-refractivity contribution in [3.63, 3.8) is 0 Å². The van der Waals surface area contributed by atoms with E-state index in [1.165, 1.54) is 6.20 Å². The molecule has 0 amide bonds. The molecule has 1 saturated heterocycles. The summed E-state index contributed by atoms with van der Waals surface area (Å²) in [5.41, 5.74) is 0.0661. The largest absolute Gasteiger partial charge is 0.435 e. The third-order valence-corrected chi connectivity index (χ3v) is 6.93. The number of halogens is 4. The quantitative estimate of drug-likeness (QED) is 0.312. The van der Waals surface area contributed by atoms with Crippen LogP contribution in [-0.2, 0) is 10.0 Å². The summed E-state index contributed by atoms with van der Waals surface area (Å²) in [5.74, 6) is -7.50. The number of sulfonamides is 1. The number of hydrogen-bond donors (Lipinski definition) is 3. The van der Waals surface area contributed by atoms with Crippen LogP contribution in [0.1, 0.15) is 26.2 Å². The van der Waals surface area contributed by atoms with Crippen LogP contribution in [-0.4, -0.2) is 54.2 Å². The fraction of sp³-hybridized carbons (Fsp3) is 0.375. The summed E-state index contributed by atoms with van der Waals surface area (Å²) < 4.78 is 87.0. The molecule has 1 atom stereocenters. The Kier molecular flexibility index (Phi) is 8.31. The zero-order valence-electron chi connectivity index (χ0n) is 20.3. The standard InChI is InChI=1S/C24H26F4N6O3S/c1-24(27,28)9-13-38(35,36)34-18-6-7-19(21(26)20(18)25)37-22-16(5-3-11-30-22)17-8-12-31-23(33-17)32-15-4-2-10-29-14-15/h3,5-8,11-12,15,29,34H,2,4,9-10,13-14H2,1H3,(H,31,32,33). The summed E-state index contributed by atoms with van der Waals surface area (Å²) in [4.78, 5) is 12.9. The van der Waals surface area contributed by atoms with Gasteiger partial charge >= 0.3 is 0 Å². The Morgan fingerprint density at radius 3 is 2.68 bits per heavy atom. The van der Waals surface area contributed by atoms with Gasteiger partial charge in [0.05, 0.1) is 22.7 Å². The minimum atomic E-state index is -4.35. The van der Waals surface area contributed by atoms with Crippen LogP contribution < -0.4 is 20.1 Å². The molecule has 1 aromatic carbocycles. The molecule has 204 valence electrons. The van der Waals surface area contributed by atoms with Gasteiger partial charge < -0.3 is 15.4 Å². The fourth-order valence-electron chi connectivity index (χ4n) is 3.73. The van der Waals surface area contributed by atoms with Gasteiger partial charge in [0.15, 0.2) is 11.6 Å². The van der Waals surface area contributed by atoms with Gasteiger partial charge in [-0.2, -0.15) is 4.39 Å². The number of hydrogen-bond acceptors (Lipinski definition) is 8. The van der Waals surface area contributed by atoms with Gasteiger partial charge in [0.2, 0.25) is 33.6 Å². The first kappa shape index (κ1) is 27.5. The molecule has 4 rings (SSSR count). The molecule has 3 N–H and O–H groups in total. The van der Waals surface area contributed by atoms with Gasteiger partial charge in [-0.25, -0.2) is 36.5 Å². The van der Waals surface area contributed by atoms with Crippen molar-refractivity contribution in [2.75, 3.05) is 28.9 Å². The van der Waals surface area contributed by atoms with Crippen LogP contribution in [0.3, 0.4) is 0 Å². The number of pyridine rings is 1. The van der Waals surface area contributed by atoms with E-state index in [0.29, 0.717) is 24.1 Å². The van der Waals surface area contributed by atoms with Gasteiger partial charge in [0.25, 0.3) is 0 Å². The molecular weight excluding hydrogens is 528 g/mol. The third-order valence-electron chi connectivity index (χ3n) is 5.66. The molecule has 9 nitrogen and oxygen atoms in total. The highest BCUT2D eigenvalue weighted by molar-refractivity contribution is 7.92. The van der Waals surface area contributed by atoms with Crippen molar-refractivity contribution in [2.24, 2.45) is 0 Å². The van der Waals surface area contributed by atoms with Crippen molar-refractivity contribution in [3.05, 3.63) is 54.4 Å². The maximum Gasteiger partial charge on any atom is 0.246 e. The topological polar surface area (TPSA) is 118 Å². The van der Waals surface area contributed by atoms with Crippen molar-refractivity contribution in [1.82, 2.24) is 20.3 Å². The Labute approximate surface area is 217 Å². The molecule has 38 heavy (non-hydrogen) atoms. The lowest BCUT2D eigenvalue weighted by Crippen LogP contribution is -2.38. The predicted molar refractivity (Wildman–Crippen MR) is 134 cm³/mol. The lowest BCUT2D eigenvalue weighted by Gasteiger charge is -2.23. The van der Waals surface area contributed by atoms with E-state index in [1.54, 1.807) is 29.1 Å². The number of alkyl halides is 2. The van der Waals surface area contributed by atoms with Crippen LogP contribution >= 0.6 is 0 Å². The number of aromatic nitrogens is 3. The van der Waals surface area contributed by atoms with Crippen LogP contribution in [0.2, 0.25) is 0 Å². The van der Waals surface area contributed by atoms with Gasteiger partial charge in [-0.15, -0.1) is 0 Å². The molecule has 1 aliphatic heterocycles. The highest BCUT2D eigenvalue weighted by Gasteiger charge is 2.26. The Balaban J connectivity index is 1.53. The third kappa shape index (κ3) is 7.28. The Morgan fingerprint density at radius 1 is 1.13 bits per heavy atom. The molecule has 0 spiro atoms. The van der Waals surface area contributed by atoms with E-state index >= 15 is 0 Å². The number of rotatable bonds is 10. The zero-order chi connectivity index (χ0) is 27.3. The van der Waals surface area contributed by atoms with E-state index in [9.17, 15) is 26.0 Å². The SMILES string of the molecule is CC(F)(F)CCS(=O)(=O)Nc1ccc(Oc2ncccc2-c2ccnc(NC3CCCNC3)n2)c(F)c1F. The maximum absolute atomic E-state index is 14.8. The summed E-state index contributed by atoms with van der Waals surface area (Å²) in [5, 5.41) is 6.56. The number of anilines is 2. The van der Waals surface area contributed by atoms with Crippen LogP contribution in [0.15, 0.2) is 42.7 Å². The molecule has 1 unspecified atom stereocenters. The predicted octanol–water partition coefficient (Wildman–Crippen LogP) is 4.56. The molecule has 0 saturated carbocycles. The second kappa shape index (κ2) is 11.5. The highest BCUT2D eigenvalue weighted by Crippen LogP contribution is 2.34.